The normalized spacial score (nSPS) is 10.7. The zero-order valence-corrected chi connectivity index (χ0v) is 13.8. The van der Waals surface area contributed by atoms with Crippen LogP contribution in [0.1, 0.15) is 16.7 Å². The first-order valence-electron chi connectivity index (χ1n) is 7.73. The van der Waals surface area contributed by atoms with Gasteiger partial charge in [0.1, 0.15) is 5.82 Å². The third-order valence-corrected chi connectivity index (χ3v) is 4.42. The van der Waals surface area contributed by atoms with Crippen molar-refractivity contribution in [3.8, 4) is 11.1 Å². The largest absolute Gasteiger partial charge is 0.205 e. The lowest BCUT2D eigenvalue weighted by atomic mass is 9.99. The summed E-state index contributed by atoms with van der Waals surface area (Å²) in [6.45, 7) is 2.06. The lowest BCUT2D eigenvalue weighted by Crippen LogP contribution is -1.97. The molecule has 0 aliphatic heterocycles. The van der Waals surface area contributed by atoms with Crippen LogP contribution in [0.15, 0.2) is 66.7 Å². The lowest BCUT2D eigenvalue weighted by molar-refractivity contribution is 0.609. The lowest BCUT2D eigenvalue weighted by Gasteiger charge is -2.10. The molecule has 0 aliphatic rings. The standard InChI is InChI=1S/C21H18ClF/c1-15-7-9-16(10-8-15)11-12-18-13-14-19(20(22)21(18)23)17-5-3-2-4-6-17/h2-10,13-14H,11-12H2,1H3. The third kappa shape index (κ3) is 3.62. The summed E-state index contributed by atoms with van der Waals surface area (Å²) in [6, 6.07) is 21.8. The van der Waals surface area contributed by atoms with Gasteiger partial charge in [-0.1, -0.05) is 83.9 Å². The molecule has 3 rings (SSSR count). The van der Waals surface area contributed by atoms with Crippen molar-refractivity contribution in [2.24, 2.45) is 0 Å². The van der Waals surface area contributed by atoms with E-state index in [-0.39, 0.29) is 10.8 Å². The summed E-state index contributed by atoms with van der Waals surface area (Å²) in [5.74, 6) is -0.305. The fraction of sp³-hybridized carbons (Fsp3) is 0.143. The molecule has 0 saturated heterocycles. The van der Waals surface area contributed by atoms with Crippen LogP contribution in [0.5, 0.6) is 0 Å². The van der Waals surface area contributed by atoms with E-state index in [0.29, 0.717) is 12.0 Å². The number of halogens is 2. The summed E-state index contributed by atoms with van der Waals surface area (Å²) in [7, 11) is 0. The number of rotatable bonds is 4. The summed E-state index contributed by atoms with van der Waals surface area (Å²) in [5.41, 5.74) is 4.77. The van der Waals surface area contributed by atoms with Crippen molar-refractivity contribution in [2.75, 3.05) is 0 Å². The minimum atomic E-state index is -0.305. The summed E-state index contributed by atoms with van der Waals surface area (Å²) >= 11 is 6.26. The Morgan fingerprint density at radius 2 is 1.52 bits per heavy atom. The maximum atomic E-state index is 14.6. The van der Waals surface area contributed by atoms with Gasteiger partial charge in [-0.2, -0.15) is 0 Å². The van der Waals surface area contributed by atoms with E-state index >= 15 is 0 Å². The van der Waals surface area contributed by atoms with E-state index in [1.165, 1.54) is 11.1 Å². The molecule has 0 fully saturated rings. The van der Waals surface area contributed by atoms with Gasteiger partial charge in [-0.3, -0.25) is 0 Å². The highest BCUT2D eigenvalue weighted by Gasteiger charge is 2.12. The molecule has 3 aromatic carbocycles. The van der Waals surface area contributed by atoms with Gasteiger partial charge in [0.15, 0.2) is 0 Å². The monoisotopic (exact) mass is 324 g/mol. The number of benzene rings is 3. The van der Waals surface area contributed by atoms with E-state index in [0.717, 1.165) is 17.5 Å². The maximum Gasteiger partial charge on any atom is 0.145 e. The van der Waals surface area contributed by atoms with Crippen LogP contribution in [0.25, 0.3) is 11.1 Å². The third-order valence-electron chi connectivity index (χ3n) is 4.05. The van der Waals surface area contributed by atoms with Crippen LogP contribution in [0, 0.1) is 12.7 Å². The van der Waals surface area contributed by atoms with Crippen LogP contribution < -0.4 is 0 Å². The van der Waals surface area contributed by atoms with Crippen molar-refractivity contribution in [1.82, 2.24) is 0 Å². The Morgan fingerprint density at radius 3 is 2.22 bits per heavy atom. The first-order chi connectivity index (χ1) is 11.1. The van der Waals surface area contributed by atoms with Crippen molar-refractivity contribution in [3.05, 3.63) is 94.3 Å². The first-order valence-corrected chi connectivity index (χ1v) is 8.11. The van der Waals surface area contributed by atoms with Crippen molar-refractivity contribution < 1.29 is 4.39 Å². The smallest absolute Gasteiger partial charge is 0.145 e. The second kappa shape index (κ2) is 6.97. The average molecular weight is 325 g/mol. The molecule has 0 unspecified atom stereocenters. The molecule has 0 spiro atoms. The Hall–Kier alpha value is -2.12. The Labute approximate surface area is 141 Å². The Morgan fingerprint density at radius 1 is 0.826 bits per heavy atom. The molecule has 0 aromatic heterocycles. The molecule has 0 amide bonds. The second-order valence-corrected chi connectivity index (χ2v) is 6.13. The van der Waals surface area contributed by atoms with Crippen molar-refractivity contribution in [2.45, 2.75) is 19.8 Å². The predicted octanol–water partition coefficient (Wildman–Crippen LogP) is 6.24. The van der Waals surface area contributed by atoms with Gasteiger partial charge in [0, 0.05) is 5.56 Å². The van der Waals surface area contributed by atoms with Crippen LogP contribution >= 0.6 is 11.6 Å². The molecule has 0 atom stereocenters. The Kier molecular flexibility index (Phi) is 4.78. The molecule has 0 bridgehead atoms. The van der Waals surface area contributed by atoms with Crippen molar-refractivity contribution in [1.29, 1.82) is 0 Å². The highest BCUT2D eigenvalue weighted by atomic mass is 35.5. The Bertz CT molecular complexity index is 792. The highest BCUT2D eigenvalue weighted by Crippen LogP contribution is 2.32. The molecule has 2 heteroatoms. The summed E-state index contributed by atoms with van der Waals surface area (Å²) in [4.78, 5) is 0. The Balaban J connectivity index is 1.81. The van der Waals surface area contributed by atoms with Crippen LogP contribution in [-0.4, -0.2) is 0 Å². The molecule has 23 heavy (non-hydrogen) atoms. The molecule has 0 aliphatic carbocycles. The molecule has 116 valence electrons. The van der Waals surface area contributed by atoms with Crippen LogP contribution in [0.2, 0.25) is 5.02 Å². The number of aryl methyl sites for hydroxylation is 3. The molecule has 0 saturated carbocycles. The van der Waals surface area contributed by atoms with Crippen molar-refractivity contribution in [3.63, 3.8) is 0 Å². The second-order valence-electron chi connectivity index (χ2n) is 5.75. The molecule has 0 N–H and O–H groups in total. The van der Waals surface area contributed by atoms with E-state index in [4.69, 9.17) is 11.6 Å². The molecule has 0 nitrogen and oxygen atoms in total. The molecular weight excluding hydrogens is 307 g/mol. The fourth-order valence-electron chi connectivity index (χ4n) is 2.66. The summed E-state index contributed by atoms with van der Waals surface area (Å²) in [5, 5.41) is 0.206. The molecule has 0 radical (unpaired) electrons. The van der Waals surface area contributed by atoms with Gasteiger partial charge in [-0.25, -0.2) is 4.39 Å². The predicted molar refractivity (Wildman–Crippen MR) is 95.4 cm³/mol. The van der Waals surface area contributed by atoms with Gasteiger partial charge in [0.25, 0.3) is 0 Å². The van der Waals surface area contributed by atoms with Gasteiger partial charge in [0.2, 0.25) is 0 Å². The van der Waals surface area contributed by atoms with E-state index in [9.17, 15) is 4.39 Å². The fourth-order valence-corrected chi connectivity index (χ4v) is 2.95. The van der Waals surface area contributed by atoms with Crippen LogP contribution in [-0.2, 0) is 12.8 Å². The highest BCUT2D eigenvalue weighted by molar-refractivity contribution is 6.33. The first kappa shape index (κ1) is 15.8. The topological polar surface area (TPSA) is 0 Å². The van der Waals surface area contributed by atoms with Crippen molar-refractivity contribution >= 4 is 11.6 Å². The minimum absolute atomic E-state index is 0.206. The quantitative estimate of drug-likeness (QED) is 0.533. The zero-order chi connectivity index (χ0) is 16.2. The number of hydrogen-bond acceptors (Lipinski definition) is 0. The number of hydrogen-bond donors (Lipinski definition) is 0. The van der Waals surface area contributed by atoms with Gasteiger partial charge in [-0.15, -0.1) is 0 Å². The van der Waals surface area contributed by atoms with Gasteiger partial charge in [-0.05, 0) is 36.5 Å². The van der Waals surface area contributed by atoms with Crippen LogP contribution in [0.3, 0.4) is 0 Å². The SMILES string of the molecule is Cc1ccc(CCc2ccc(-c3ccccc3)c(Cl)c2F)cc1. The molecular formula is C21H18ClF. The summed E-state index contributed by atoms with van der Waals surface area (Å²) < 4.78 is 14.6. The van der Waals surface area contributed by atoms with Gasteiger partial charge in [0.05, 0.1) is 5.02 Å². The zero-order valence-electron chi connectivity index (χ0n) is 13.0. The molecule has 3 aromatic rings. The average Bonchev–Trinajstić information content (AvgIpc) is 2.58. The van der Waals surface area contributed by atoms with E-state index in [2.05, 4.69) is 31.2 Å². The van der Waals surface area contributed by atoms with Gasteiger partial charge < -0.3 is 0 Å². The molecule has 0 heterocycles. The maximum absolute atomic E-state index is 14.6. The van der Waals surface area contributed by atoms with E-state index in [1.807, 2.05) is 42.5 Å². The summed E-state index contributed by atoms with van der Waals surface area (Å²) in [6.07, 6.45) is 1.45. The van der Waals surface area contributed by atoms with Crippen LogP contribution in [0.4, 0.5) is 4.39 Å². The van der Waals surface area contributed by atoms with E-state index in [1.54, 1.807) is 0 Å². The minimum Gasteiger partial charge on any atom is -0.205 e. The van der Waals surface area contributed by atoms with Gasteiger partial charge >= 0.3 is 0 Å². The van der Waals surface area contributed by atoms with E-state index < -0.39 is 0 Å².